The molecule has 0 aliphatic carbocycles. The third-order valence-corrected chi connectivity index (χ3v) is 1.96. The van der Waals surface area contributed by atoms with Gasteiger partial charge in [0.2, 0.25) is 0 Å². The van der Waals surface area contributed by atoms with Gasteiger partial charge < -0.3 is 10.5 Å². The Labute approximate surface area is 88.0 Å². The van der Waals surface area contributed by atoms with Gasteiger partial charge in [-0.25, -0.2) is 0 Å². The molecule has 15 heavy (non-hydrogen) atoms. The zero-order valence-electron chi connectivity index (χ0n) is 8.60. The molecule has 0 saturated carbocycles. The van der Waals surface area contributed by atoms with Crippen molar-refractivity contribution >= 4 is 11.4 Å². The van der Waals surface area contributed by atoms with Gasteiger partial charge in [-0.2, -0.15) is 0 Å². The molecule has 1 aromatic rings. The van der Waals surface area contributed by atoms with Crippen molar-refractivity contribution in [2.75, 3.05) is 12.3 Å². The van der Waals surface area contributed by atoms with E-state index in [-0.39, 0.29) is 11.4 Å². The summed E-state index contributed by atoms with van der Waals surface area (Å²) in [6.45, 7) is 2.67. The van der Waals surface area contributed by atoms with Crippen LogP contribution in [-0.4, -0.2) is 11.5 Å². The molecular formula is C10H14N2O3. The minimum absolute atomic E-state index is 0.0853. The van der Waals surface area contributed by atoms with Crippen molar-refractivity contribution in [2.45, 2.75) is 19.8 Å². The minimum atomic E-state index is -0.509. The van der Waals surface area contributed by atoms with Crippen LogP contribution in [0.4, 0.5) is 11.4 Å². The Morgan fingerprint density at radius 3 is 2.80 bits per heavy atom. The normalized spacial score (nSPS) is 9.93. The van der Waals surface area contributed by atoms with E-state index in [4.69, 9.17) is 10.5 Å². The van der Waals surface area contributed by atoms with Crippen LogP contribution >= 0.6 is 0 Å². The number of hydrogen-bond acceptors (Lipinski definition) is 4. The van der Waals surface area contributed by atoms with Crippen molar-refractivity contribution in [2.24, 2.45) is 0 Å². The van der Waals surface area contributed by atoms with Gasteiger partial charge in [0.15, 0.2) is 0 Å². The van der Waals surface area contributed by atoms with Crippen LogP contribution in [0.1, 0.15) is 19.8 Å². The predicted molar refractivity (Wildman–Crippen MR) is 57.9 cm³/mol. The van der Waals surface area contributed by atoms with Gasteiger partial charge in [0, 0.05) is 12.1 Å². The van der Waals surface area contributed by atoms with E-state index in [0.717, 1.165) is 12.8 Å². The van der Waals surface area contributed by atoms with Crippen molar-refractivity contribution in [3.8, 4) is 5.75 Å². The number of nitro benzene ring substituents is 1. The van der Waals surface area contributed by atoms with Gasteiger partial charge in [0.25, 0.3) is 5.69 Å². The highest BCUT2D eigenvalue weighted by molar-refractivity contribution is 5.60. The Kier molecular flexibility index (Phi) is 3.91. The lowest BCUT2D eigenvalue weighted by atomic mass is 10.2. The van der Waals surface area contributed by atoms with Gasteiger partial charge in [-0.15, -0.1) is 0 Å². The first kappa shape index (κ1) is 11.3. The summed E-state index contributed by atoms with van der Waals surface area (Å²) in [6, 6.07) is 4.40. The Bertz CT molecular complexity index is 353. The molecule has 0 radical (unpaired) electrons. The summed E-state index contributed by atoms with van der Waals surface area (Å²) in [4.78, 5) is 9.97. The fraction of sp³-hybridized carbons (Fsp3) is 0.400. The number of rotatable bonds is 5. The minimum Gasteiger partial charge on any atom is -0.494 e. The second-order valence-electron chi connectivity index (χ2n) is 3.18. The van der Waals surface area contributed by atoms with Crippen LogP contribution < -0.4 is 10.5 Å². The van der Waals surface area contributed by atoms with Crippen LogP contribution in [0.3, 0.4) is 0 Å². The fourth-order valence-electron chi connectivity index (χ4n) is 1.12. The third kappa shape index (κ3) is 3.12. The largest absolute Gasteiger partial charge is 0.494 e. The van der Waals surface area contributed by atoms with E-state index in [1.807, 2.05) is 0 Å². The number of benzene rings is 1. The van der Waals surface area contributed by atoms with E-state index >= 15 is 0 Å². The van der Waals surface area contributed by atoms with Gasteiger partial charge in [-0.1, -0.05) is 13.3 Å². The van der Waals surface area contributed by atoms with Crippen molar-refractivity contribution in [1.82, 2.24) is 0 Å². The molecule has 1 aromatic carbocycles. The number of nitrogens with zero attached hydrogens (tertiary/aromatic N) is 1. The molecule has 5 nitrogen and oxygen atoms in total. The summed E-state index contributed by atoms with van der Waals surface area (Å²) in [5.41, 5.74) is 5.55. The van der Waals surface area contributed by atoms with Crippen LogP contribution in [-0.2, 0) is 0 Å². The molecule has 0 bridgehead atoms. The molecule has 0 heterocycles. The fourth-order valence-corrected chi connectivity index (χ4v) is 1.12. The highest BCUT2D eigenvalue weighted by Crippen LogP contribution is 2.25. The number of nitro groups is 1. The molecule has 0 aliphatic heterocycles. The summed E-state index contributed by atoms with van der Waals surface area (Å²) in [6.07, 6.45) is 2.00. The van der Waals surface area contributed by atoms with E-state index in [1.165, 1.54) is 12.1 Å². The molecule has 82 valence electrons. The predicted octanol–water partition coefficient (Wildman–Crippen LogP) is 2.36. The quantitative estimate of drug-likeness (QED) is 0.350. The highest BCUT2D eigenvalue weighted by atomic mass is 16.6. The average molecular weight is 210 g/mol. The molecule has 1 rings (SSSR count). The maximum Gasteiger partial charge on any atom is 0.292 e. The van der Waals surface area contributed by atoms with Crippen molar-refractivity contribution < 1.29 is 9.66 Å². The lowest BCUT2D eigenvalue weighted by Crippen LogP contribution is -1.99. The molecule has 0 unspecified atom stereocenters. The molecule has 5 heteroatoms. The Morgan fingerprint density at radius 1 is 1.53 bits per heavy atom. The van der Waals surface area contributed by atoms with Gasteiger partial charge in [-0.05, 0) is 12.5 Å². The van der Waals surface area contributed by atoms with E-state index < -0.39 is 4.92 Å². The molecular weight excluding hydrogens is 196 g/mol. The van der Waals surface area contributed by atoms with E-state index in [2.05, 4.69) is 6.92 Å². The molecule has 0 saturated heterocycles. The lowest BCUT2D eigenvalue weighted by Gasteiger charge is -2.05. The van der Waals surface area contributed by atoms with Crippen LogP contribution in [0.15, 0.2) is 18.2 Å². The first-order chi connectivity index (χ1) is 7.15. The van der Waals surface area contributed by atoms with Crippen LogP contribution in [0.2, 0.25) is 0 Å². The first-order valence-corrected chi connectivity index (χ1v) is 4.82. The van der Waals surface area contributed by atoms with Crippen LogP contribution in [0, 0.1) is 10.1 Å². The zero-order valence-corrected chi connectivity index (χ0v) is 8.60. The SMILES string of the molecule is CCCCOc1ccc([N+](=O)[O-])c(N)c1. The number of ether oxygens (including phenoxy) is 1. The Balaban J connectivity index is 2.69. The molecule has 0 aromatic heterocycles. The zero-order chi connectivity index (χ0) is 11.3. The molecule has 0 amide bonds. The maximum atomic E-state index is 10.5. The van der Waals surface area contributed by atoms with Gasteiger partial charge in [0.05, 0.1) is 11.5 Å². The van der Waals surface area contributed by atoms with E-state index in [9.17, 15) is 10.1 Å². The number of hydrogen-bond donors (Lipinski definition) is 1. The van der Waals surface area contributed by atoms with Crippen LogP contribution in [0.25, 0.3) is 0 Å². The molecule has 2 N–H and O–H groups in total. The Morgan fingerprint density at radius 2 is 2.27 bits per heavy atom. The maximum absolute atomic E-state index is 10.5. The monoisotopic (exact) mass is 210 g/mol. The van der Waals surface area contributed by atoms with Crippen LogP contribution in [0.5, 0.6) is 5.75 Å². The third-order valence-electron chi connectivity index (χ3n) is 1.96. The Hall–Kier alpha value is -1.78. The topological polar surface area (TPSA) is 78.4 Å². The van der Waals surface area contributed by atoms with Gasteiger partial charge >= 0.3 is 0 Å². The second-order valence-corrected chi connectivity index (χ2v) is 3.18. The number of unbranched alkanes of at least 4 members (excludes halogenated alkanes) is 1. The smallest absolute Gasteiger partial charge is 0.292 e. The number of nitrogen functional groups attached to an aromatic ring is 1. The van der Waals surface area contributed by atoms with Crippen molar-refractivity contribution in [3.63, 3.8) is 0 Å². The molecule has 0 aliphatic rings. The molecule has 0 spiro atoms. The van der Waals surface area contributed by atoms with E-state index in [1.54, 1.807) is 6.07 Å². The summed E-state index contributed by atoms with van der Waals surface area (Å²) in [5.74, 6) is 0.576. The molecule has 0 fully saturated rings. The summed E-state index contributed by atoms with van der Waals surface area (Å²) < 4.78 is 5.36. The highest BCUT2D eigenvalue weighted by Gasteiger charge is 2.11. The first-order valence-electron chi connectivity index (χ1n) is 4.82. The summed E-state index contributed by atoms with van der Waals surface area (Å²) in [5, 5.41) is 10.5. The summed E-state index contributed by atoms with van der Waals surface area (Å²) >= 11 is 0. The van der Waals surface area contributed by atoms with Gasteiger partial charge in [0.1, 0.15) is 11.4 Å². The van der Waals surface area contributed by atoms with E-state index in [0.29, 0.717) is 12.4 Å². The molecule has 0 atom stereocenters. The lowest BCUT2D eigenvalue weighted by molar-refractivity contribution is -0.383. The number of nitrogens with two attached hydrogens (primary N) is 1. The number of anilines is 1. The average Bonchev–Trinajstić information content (AvgIpc) is 2.17. The van der Waals surface area contributed by atoms with Crippen molar-refractivity contribution in [1.29, 1.82) is 0 Å². The second kappa shape index (κ2) is 5.19. The van der Waals surface area contributed by atoms with Gasteiger partial charge in [-0.3, -0.25) is 10.1 Å². The van der Waals surface area contributed by atoms with Crippen molar-refractivity contribution in [3.05, 3.63) is 28.3 Å². The summed E-state index contributed by atoms with van der Waals surface area (Å²) in [7, 11) is 0. The standard InChI is InChI=1S/C10H14N2O3/c1-2-3-6-15-8-4-5-10(12(13)14)9(11)7-8/h4-5,7H,2-3,6,11H2,1H3.